The standard InChI is InChI=1S/C22H28N4O5/c1-25-18(9-10-23-25)22(28)24-16-13-30-19-11-26(12-20(19)31-14-16)21(27)8-5-15-3-6-17(29-2)7-4-15/h3-4,6-7,9-10,16,19-20H,5,8,11-14H2,1-2H3,(H,24,28)/t19-,20-/m0/s1. The van der Waals surface area contributed by atoms with E-state index in [0.29, 0.717) is 44.8 Å². The molecule has 2 aliphatic heterocycles. The van der Waals surface area contributed by atoms with Crippen LogP contribution in [0, 0.1) is 0 Å². The predicted octanol–water partition coefficient (Wildman–Crippen LogP) is 0.786. The zero-order valence-corrected chi connectivity index (χ0v) is 17.8. The normalized spacial score (nSPS) is 21.4. The van der Waals surface area contributed by atoms with E-state index in [4.69, 9.17) is 14.2 Å². The lowest BCUT2D eigenvalue weighted by atomic mass is 10.1. The number of methoxy groups -OCH3 is 1. The highest BCUT2D eigenvalue weighted by Crippen LogP contribution is 2.22. The van der Waals surface area contributed by atoms with Crippen LogP contribution in [0.1, 0.15) is 22.5 Å². The molecule has 1 N–H and O–H groups in total. The first-order chi connectivity index (χ1) is 15.0. The molecule has 9 nitrogen and oxygen atoms in total. The van der Waals surface area contributed by atoms with E-state index in [9.17, 15) is 9.59 Å². The second-order valence-electron chi connectivity index (χ2n) is 7.90. The number of nitrogens with one attached hydrogen (secondary N) is 1. The maximum absolute atomic E-state index is 12.7. The van der Waals surface area contributed by atoms with E-state index in [2.05, 4.69) is 10.4 Å². The average molecular weight is 428 g/mol. The lowest BCUT2D eigenvalue weighted by Gasteiger charge is -2.19. The summed E-state index contributed by atoms with van der Waals surface area (Å²) in [6.45, 7) is 1.71. The molecule has 0 saturated carbocycles. The number of aryl methyl sites for hydroxylation is 2. The molecule has 2 atom stereocenters. The zero-order chi connectivity index (χ0) is 21.8. The topological polar surface area (TPSA) is 94.9 Å². The molecule has 4 rings (SSSR count). The van der Waals surface area contributed by atoms with Crippen molar-refractivity contribution in [2.75, 3.05) is 33.4 Å². The van der Waals surface area contributed by atoms with Gasteiger partial charge in [-0.05, 0) is 30.2 Å². The van der Waals surface area contributed by atoms with Crippen molar-refractivity contribution in [3.8, 4) is 5.75 Å². The Bertz CT molecular complexity index is 897. The van der Waals surface area contributed by atoms with Crippen molar-refractivity contribution in [2.45, 2.75) is 31.1 Å². The number of likely N-dealkylation sites (tertiary alicyclic amines) is 1. The fourth-order valence-corrected chi connectivity index (χ4v) is 3.94. The Hall–Kier alpha value is -2.91. The summed E-state index contributed by atoms with van der Waals surface area (Å²) in [7, 11) is 3.36. The quantitative estimate of drug-likeness (QED) is 0.731. The van der Waals surface area contributed by atoms with Crippen molar-refractivity contribution >= 4 is 11.8 Å². The number of nitrogens with zero attached hydrogens (tertiary/aromatic N) is 3. The Labute approximate surface area is 181 Å². The van der Waals surface area contributed by atoms with E-state index >= 15 is 0 Å². The van der Waals surface area contributed by atoms with E-state index in [1.807, 2.05) is 29.2 Å². The first kappa shape index (κ1) is 21.3. The van der Waals surface area contributed by atoms with Gasteiger partial charge in [-0.2, -0.15) is 5.10 Å². The predicted molar refractivity (Wildman–Crippen MR) is 112 cm³/mol. The molecule has 31 heavy (non-hydrogen) atoms. The van der Waals surface area contributed by atoms with Crippen LogP contribution in [0.2, 0.25) is 0 Å². The van der Waals surface area contributed by atoms with Gasteiger partial charge >= 0.3 is 0 Å². The highest BCUT2D eigenvalue weighted by atomic mass is 16.6. The van der Waals surface area contributed by atoms with Gasteiger partial charge < -0.3 is 24.4 Å². The van der Waals surface area contributed by atoms with Crippen molar-refractivity contribution in [3.05, 3.63) is 47.8 Å². The van der Waals surface area contributed by atoms with Gasteiger partial charge in [-0.1, -0.05) is 12.1 Å². The summed E-state index contributed by atoms with van der Waals surface area (Å²) < 4.78 is 18.7. The fraction of sp³-hybridized carbons (Fsp3) is 0.500. The number of hydrogen-bond donors (Lipinski definition) is 1. The summed E-state index contributed by atoms with van der Waals surface area (Å²) in [5.41, 5.74) is 1.58. The minimum absolute atomic E-state index is 0.0946. The Kier molecular flexibility index (Phi) is 6.53. The lowest BCUT2D eigenvalue weighted by Crippen LogP contribution is -2.42. The van der Waals surface area contributed by atoms with Crippen molar-refractivity contribution in [2.24, 2.45) is 7.05 Å². The van der Waals surface area contributed by atoms with Crippen molar-refractivity contribution in [1.82, 2.24) is 20.0 Å². The number of benzene rings is 1. The second-order valence-corrected chi connectivity index (χ2v) is 7.90. The number of carbonyl (C=O) groups excluding carboxylic acids is 2. The van der Waals surface area contributed by atoms with Gasteiger partial charge in [0.05, 0.1) is 26.4 Å². The summed E-state index contributed by atoms with van der Waals surface area (Å²) in [5, 5.41) is 6.95. The molecule has 3 heterocycles. The van der Waals surface area contributed by atoms with Crippen LogP contribution < -0.4 is 10.1 Å². The third kappa shape index (κ3) is 5.05. The number of rotatable bonds is 6. The average Bonchev–Trinajstić information content (AvgIpc) is 3.35. The maximum atomic E-state index is 12.7. The van der Waals surface area contributed by atoms with Crippen LogP contribution in [0.5, 0.6) is 5.75 Å². The largest absolute Gasteiger partial charge is 0.497 e. The van der Waals surface area contributed by atoms with Crippen LogP contribution in [-0.2, 0) is 27.7 Å². The maximum Gasteiger partial charge on any atom is 0.269 e. The van der Waals surface area contributed by atoms with E-state index in [-0.39, 0.29) is 30.1 Å². The summed E-state index contributed by atoms with van der Waals surface area (Å²) in [5.74, 6) is 0.690. The molecule has 2 amide bonds. The van der Waals surface area contributed by atoms with E-state index in [0.717, 1.165) is 11.3 Å². The van der Waals surface area contributed by atoms with Gasteiger partial charge in [0.15, 0.2) is 0 Å². The van der Waals surface area contributed by atoms with Crippen LogP contribution in [0.3, 0.4) is 0 Å². The van der Waals surface area contributed by atoms with E-state index in [1.54, 1.807) is 26.4 Å². The number of amides is 2. The molecule has 0 aliphatic carbocycles. The van der Waals surface area contributed by atoms with Gasteiger partial charge in [0, 0.05) is 32.8 Å². The van der Waals surface area contributed by atoms with Crippen LogP contribution in [0.25, 0.3) is 0 Å². The molecule has 9 heteroatoms. The smallest absolute Gasteiger partial charge is 0.269 e. The fourth-order valence-electron chi connectivity index (χ4n) is 3.94. The summed E-state index contributed by atoms with van der Waals surface area (Å²) in [6, 6.07) is 9.18. The minimum Gasteiger partial charge on any atom is -0.497 e. The summed E-state index contributed by atoms with van der Waals surface area (Å²) in [6.07, 6.45) is 2.35. The third-order valence-corrected chi connectivity index (χ3v) is 5.77. The first-order valence-corrected chi connectivity index (χ1v) is 10.5. The molecule has 2 aliphatic rings. The van der Waals surface area contributed by atoms with Crippen LogP contribution in [-0.4, -0.2) is 78.2 Å². The Balaban J connectivity index is 1.24. The van der Waals surface area contributed by atoms with Gasteiger partial charge in [-0.3, -0.25) is 14.3 Å². The number of carbonyl (C=O) groups is 2. The van der Waals surface area contributed by atoms with Crippen molar-refractivity contribution < 1.29 is 23.8 Å². The van der Waals surface area contributed by atoms with Crippen molar-refractivity contribution in [1.29, 1.82) is 0 Å². The van der Waals surface area contributed by atoms with Crippen molar-refractivity contribution in [3.63, 3.8) is 0 Å². The molecule has 0 spiro atoms. The molecular weight excluding hydrogens is 400 g/mol. The second kappa shape index (κ2) is 9.49. The number of hydrogen-bond acceptors (Lipinski definition) is 6. The van der Waals surface area contributed by atoms with Gasteiger partial charge in [-0.15, -0.1) is 0 Å². The molecule has 2 aromatic rings. The monoisotopic (exact) mass is 428 g/mol. The summed E-state index contributed by atoms with van der Waals surface area (Å²) >= 11 is 0. The Morgan fingerprint density at radius 2 is 1.81 bits per heavy atom. The molecule has 1 aromatic carbocycles. The number of aromatic nitrogens is 2. The van der Waals surface area contributed by atoms with Crippen LogP contribution in [0.15, 0.2) is 36.5 Å². The molecule has 1 aromatic heterocycles. The van der Waals surface area contributed by atoms with Crippen LogP contribution in [0.4, 0.5) is 0 Å². The summed E-state index contributed by atoms with van der Waals surface area (Å²) in [4.78, 5) is 26.9. The van der Waals surface area contributed by atoms with Gasteiger partial charge in [0.2, 0.25) is 5.91 Å². The molecule has 0 radical (unpaired) electrons. The molecule has 166 valence electrons. The molecule has 0 bridgehead atoms. The Morgan fingerprint density at radius 3 is 2.39 bits per heavy atom. The van der Waals surface area contributed by atoms with Gasteiger partial charge in [0.1, 0.15) is 23.7 Å². The minimum atomic E-state index is -0.243. The van der Waals surface area contributed by atoms with E-state index < -0.39 is 0 Å². The third-order valence-electron chi connectivity index (χ3n) is 5.77. The zero-order valence-electron chi connectivity index (χ0n) is 17.8. The van der Waals surface area contributed by atoms with Gasteiger partial charge in [0.25, 0.3) is 5.91 Å². The first-order valence-electron chi connectivity index (χ1n) is 10.5. The highest BCUT2D eigenvalue weighted by Gasteiger charge is 2.39. The molecular formula is C22H28N4O5. The van der Waals surface area contributed by atoms with Gasteiger partial charge in [-0.25, -0.2) is 0 Å². The highest BCUT2D eigenvalue weighted by molar-refractivity contribution is 5.92. The Morgan fingerprint density at radius 1 is 1.13 bits per heavy atom. The molecule has 2 fully saturated rings. The lowest BCUT2D eigenvalue weighted by molar-refractivity contribution is -0.131. The molecule has 2 saturated heterocycles. The molecule has 0 unspecified atom stereocenters. The SMILES string of the molecule is COc1ccc(CCC(=O)N2C[C@@H]3OCC(NC(=O)c4ccnn4C)CO[C@H]3C2)cc1. The van der Waals surface area contributed by atoms with Crippen LogP contribution >= 0.6 is 0 Å². The van der Waals surface area contributed by atoms with E-state index in [1.165, 1.54) is 4.68 Å². The number of fused-ring (bicyclic) bond motifs is 1. The number of ether oxygens (including phenoxy) is 3.